The van der Waals surface area contributed by atoms with Crippen LogP contribution in [0.4, 0.5) is 0 Å². The van der Waals surface area contributed by atoms with Gasteiger partial charge in [0.25, 0.3) is 0 Å². The number of carboxylic acid groups (broad SMARTS) is 2. The molecule has 0 saturated carbocycles. The maximum Gasteiger partial charge on any atom is 0.335 e. The number of amides is 4. The third-order valence-electron chi connectivity index (χ3n) is 15.8. The van der Waals surface area contributed by atoms with Crippen molar-refractivity contribution in [1.29, 1.82) is 0 Å². The third-order valence-corrected chi connectivity index (χ3v) is 15.8. The second-order valence-electron chi connectivity index (χ2n) is 23.0. The number of carbonyl (C=O) groups excluding carboxylic acids is 4. The zero-order valence-electron chi connectivity index (χ0n) is 56.1. The van der Waals surface area contributed by atoms with Crippen LogP contribution in [-0.4, -0.2) is 388 Å². The number of methoxy groups -OCH3 is 2. The lowest BCUT2D eigenvalue weighted by atomic mass is 9.94. The summed E-state index contributed by atoms with van der Waals surface area (Å²) >= 11 is 0. The van der Waals surface area contributed by atoms with Crippen molar-refractivity contribution in [1.82, 2.24) is 31.8 Å². The minimum Gasteiger partial charge on any atom is -0.479 e. The fraction of sp³-hybridized carbons (Fsp3) is 0.889. The SMILES string of the molecule is CONCCCN=[N+]=[N-].CO[C@@H]1C(NC(C)=O)[C@H](O[C@@H]2C(C(=O)O)O[C@@H](O[C@@H]3C(NC(C)=O)C(O)OC(CO)[C@H]3O)C(O)[C@H]2O)OC(CO)[C@H]1O.CO[C@@H]1C(NC(C)=O)[C@H](O[C@@H]2C(C(=O)O)O[C@@H](O[C@H](C(CN(CCCN=[N+]=[N-])OC)NC(C)=O)[C@H](O)C(O)CO)C(O)[C@H]2O)OC(CO)[C@H]1O. The molecule has 21 N–H and O–H groups in total. The molecule has 582 valence electrons. The number of carboxylic acids is 2. The van der Waals surface area contributed by atoms with Crippen LogP contribution in [0, 0.1) is 0 Å². The Labute approximate surface area is 575 Å². The van der Waals surface area contributed by atoms with E-state index in [4.69, 9.17) is 68.0 Å². The molecule has 0 spiro atoms. The van der Waals surface area contributed by atoms with Crippen LogP contribution < -0.4 is 26.7 Å². The Morgan fingerprint density at radius 2 is 0.960 bits per heavy atom. The van der Waals surface area contributed by atoms with Crippen molar-refractivity contribution in [2.75, 3.05) is 87.6 Å². The van der Waals surface area contributed by atoms with Crippen molar-refractivity contribution < 1.29 is 172 Å². The summed E-state index contributed by atoms with van der Waals surface area (Å²) in [6, 6.07) is -5.41. The number of carbonyl (C=O) groups is 6. The van der Waals surface area contributed by atoms with Gasteiger partial charge in [-0.2, -0.15) is 5.06 Å². The first-order chi connectivity index (χ1) is 47.8. The van der Waals surface area contributed by atoms with E-state index in [1.807, 2.05) is 0 Å². The summed E-state index contributed by atoms with van der Waals surface area (Å²) in [4.78, 5) is 87.4. The highest BCUT2D eigenvalue weighted by molar-refractivity contribution is 5.75. The second kappa shape index (κ2) is 44.8. The van der Waals surface area contributed by atoms with Crippen molar-refractivity contribution >= 4 is 35.6 Å². The van der Waals surface area contributed by atoms with E-state index in [9.17, 15) is 110 Å². The zero-order chi connectivity index (χ0) is 76.1. The van der Waals surface area contributed by atoms with Gasteiger partial charge in [-0.05, 0) is 23.9 Å². The first-order valence-electron chi connectivity index (χ1n) is 31.1. The number of aliphatic carboxylic acids is 2. The van der Waals surface area contributed by atoms with Gasteiger partial charge in [-0.25, -0.2) is 15.1 Å². The Morgan fingerprint density at radius 1 is 0.535 bits per heavy atom. The van der Waals surface area contributed by atoms with E-state index < -0.39 is 240 Å². The van der Waals surface area contributed by atoms with Gasteiger partial charge >= 0.3 is 11.9 Å². The predicted molar refractivity (Wildman–Crippen MR) is 326 cm³/mol. The van der Waals surface area contributed by atoms with Gasteiger partial charge in [0, 0.05) is 84.5 Å². The number of hydrogen-bond donors (Lipinski definition) is 21. The quantitative estimate of drug-likeness (QED) is 0.00921. The zero-order valence-corrected chi connectivity index (χ0v) is 56.1. The summed E-state index contributed by atoms with van der Waals surface area (Å²) in [5.41, 5.74) is 19.0. The molecule has 47 heteroatoms. The topological polar surface area (TPSA) is 707 Å². The molecule has 0 aromatic heterocycles. The Balaban J connectivity index is 0.000000472. The Bertz CT molecular complexity index is 2630. The van der Waals surface area contributed by atoms with Crippen molar-refractivity contribution in [2.45, 2.75) is 218 Å². The lowest BCUT2D eigenvalue weighted by Gasteiger charge is -2.48. The van der Waals surface area contributed by atoms with E-state index >= 15 is 0 Å². The molecule has 4 amide bonds. The molecule has 0 radical (unpaired) electrons. The fourth-order valence-corrected chi connectivity index (χ4v) is 11.0. The molecule has 5 aliphatic rings. The van der Waals surface area contributed by atoms with Crippen LogP contribution in [-0.2, 0) is 90.5 Å². The normalized spacial score (nSPS) is 35.2. The molecular formula is C54H96N12O35. The standard InChI is InChI=1S/C27H48N6O17.C23H38N2O17.C4H10N4O/c1-11(36)30-13(8-33(46-4)7-5-6-29-32-28)21(17(39)14(38)9-34)48-27-20(42)19(41)23(24(50-27)25(43)44)49-26-16(31-12(2)37)22(45-3)18(40)15(10-35)47-26;1-6(28)24-10-17(13(31)8(4-26)38-21(10)36)40-23-15(33)14(32)18(19(42-23)20(34)35)41-22-11(25-7(2)29)16(37-3)12(30)9(5-27)39-22;1-9-7-4-2-3-6-8-5/h13-24,26-27,34-35,38-42H,5-10H2,1-4H3,(H,30,36)(H,31,37)(H,43,44);8-19,21-23,26-27,30-33,36H,4-5H2,1-3H3,(H,24,28)(H,25,29)(H,34,35);7H,2-4H2,1H3/t13?,14?,15?,16?,17-,18-,19-,20?,21-,22-,23+,24?,26+,27-;8?,9?,10?,11?,12-,13-,14-,15?,16-,17-,18+,19?,21?,22+,23-;/m11./s1. The number of azide groups is 2. The van der Waals surface area contributed by atoms with Gasteiger partial charge in [-0.1, -0.05) is 10.2 Å². The van der Waals surface area contributed by atoms with Crippen molar-refractivity contribution in [3.05, 3.63) is 20.9 Å². The highest BCUT2D eigenvalue weighted by Crippen LogP contribution is 2.35. The lowest BCUT2D eigenvalue weighted by Crippen LogP contribution is -2.69. The average Bonchev–Trinajstić information content (AvgIpc) is 0.778. The Morgan fingerprint density at radius 3 is 1.37 bits per heavy atom. The molecule has 5 aliphatic heterocycles. The number of aliphatic hydroxyl groups is 14. The van der Waals surface area contributed by atoms with Crippen molar-refractivity contribution in [2.24, 2.45) is 10.2 Å². The van der Waals surface area contributed by atoms with Crippen molar-refractivity contribution in [3.8, 4) is 0 Å². The minimum atomic E-state index is -2.16. The van der Waals surface area contributed by atoms with Gasteiger partial charge in [-0.15, -0.1) is 0 Å². The minimum absolute atomic E-state index is 0.0809. The molecular weight excluding hydrogens is 1380 g/mol. The largest absolute Gasteiger partial charge is 0.479 e. The smallest absolute Gasteiger partial charge is 0.335 e. The molecule has 29 atom stereocenters. The summed E-state index contributed by atoms with van der Waals surface area (Å²) < 4.78 is 60.4. The average molecular weight is 1470 g/mol. The summed E-state index contributed by atoms with van der Waals surface area (Å²) in [5, 5.41) is 184. The maximum atomic E-state index is 12.4. The molecule has 13 unspecified atom stereocenters. The number of hydrogen-bond acceptors (Lipinski definition) is 37. The number of rotatable bonds is 35. The Kier molecular flexibility index (Phi) is 39.7. The number of aliphatic hydroxyl groups excluding tert-OH is 14. The lowest BCUT2D eigenvalue weighted by molar-refractivity contribution is -0.359. The molecule has 0 aromatic rings. The molecule has 5 rings (SSSR count). The first kappa shape index (κ1) is 89.5. The van der Waals surface area contributed by atoms with Crippen LogP contribution in [0.5, 0.6) is 0 Å². The van der Waals surface area contributed by atoms with E-state index in [0.29, 0.717) is 6.54 Å². The van der Waals surface area contributed by atoms with Crippen LogP contribution in [0.2, 0.25) is 0 Å². The van der Waals surface area contributed by atoms with E-state index in [1.54, 1.807) is 7.11 Å². The number of ether oxygens (including phenoxy) is 11. The van der Waals surface area contributed by atoms with Crippen LogP contribution >= 0.6 is 0 Å². The predicted octanol–water partition coefficient (Wildman–Crippen LogP) is -11.0. The van der Waals surface area contributed by atoms with Crippen molar-refractivity contribution in [3.63, 3.8) is 0 Å². The highest BCUT2D eigenvalue weighted by Gasteiger charge is 2.58. The van der Waals surface area contributed by atoms with Gasteiger partial charge in [-0.3, -0.25) is 19.2 Å². The molecule has 5 fully saturated rings. The highest BCUT2D eigenvalue weighted by atomic mass is 16.8. The van der Waals surface area contributed by atoms with Crippen LogP contribution in [0.1, 0.15) is 40.5 Å². The van der Waals surface area contributed by atoms with Crippen LogP contribution in [0.15, 0.2) is 10.2 Å². The van der Waals surface area contributed by atoms with E-state index in [1.165, 1.54) is 26.4 Å². The van der Waals surface area contributed by atoms with Gasteiger partial charge in [0.1, 0.15) is 128 Å². The summed E-state index contributed by atoms with van der Waals surface area (Å²) in [6.45, 7) is 2.34. The monoisotopic (exact) mass is 1470 g/mol. The molecule has 5 saturated heterocycles. The van der Waals surface area contributed by atoms with Crippen LogP contribution in [0.3, 0.4) is 0 Å². The molecule has 0 aliphatic carbocycles. The Hall–Kier alpha value is -5.72. The molecule has 5 heterocycles. The summed E-state index contributed by atoms with van der Waals surface area (Å²) in [6.07, 6.45) is -43.3. The third kappa shape index (κ3) is 25.8. The van der Waals surface area contributed by atoms with Gasteiger partial charge < -0.3 is 165 Å². The first-order valence-corrected chi connectivity index (χ1v) is 31.1. The van der Waals surface area contributed by atoms with E-state index in [2.05, 4.69) is 51.6 Å². The second-order valence-corrected chi connectivity index (χ2v) is 23.0. The van der Waals surface area contributed by atoms with Gasteiger partial charge in [0.15, 0.2) is 43.7 Å². The number of hydroxylamine groups is 3. The van der Waals surface area contributed by atoms with Gasteiger partial charge in [0.05, 0.1) is 46.7 Å². The van der Waals surface area contributed by atoms with E-state index in [-0.39, 0.29) is 26.1 Å². The number of nitrogens with one attached hydrogen (secondary N) is 5. The summed E-state index contributed by atoms with van der Waals surface area (Å²) in [5.74, 6) is -6.07. The molecule has 47 nitrogen and oxygen atoms in total. The molecule has 0 bridgehead atoms. The van der Waals surface area contributed by atoms with E-state index in [0.717, 1.165) is 40.7 Å². The fourth-order valence-electron chi connectivity index (χ4n) is 11.0. The van der Waals surface area contributed by atoms with Crippen LogP contribution in [0.25, 0.3) is 20.9 Å². The molecule has 0 aromatic carbocycles. The molecule has 101 heavy (non-hydrogen) atoms. The number of nitrogens with zero attached hydrogens (tertiary/aromatic N) is 7. The maximum absolute atomic E-state index is 12.4. The summed E-state index contributed by atoms with van der Waals surface area (Å²) in [7, 11) is 5.21. The van der Waals surface area contributed by atoms with Gasteiger partial charge in [0.2, 0.25) is 23.6 Å².